The number of halogens is 1. The van der Waals surface area contributed by atoms with Crippen LogP contribution in [0, 0.1) is 0 Å². The number of aliphatic hydroxyl groups is 1. The number of methoxy groups -OCH3 is 1. The normalized spacial score (nSPS) is 24.6. The Hall–Kier alpha value is -1.34. The maximum atomic E-state index is 12.8. The summed E-state index contributed by atoms with van der Waals surface area (Å²) in [6.45, 7) is 3.73. The van der Waals surface area contributed by atoms with Crippen LogP contribution in [0.4, 0.5) is 0 Å². The van der Waals surface area contributed by atoms with Crippen molar-refractivity contribution in [3.05, 3.63) is 28.8 Å². The maximum Gasteiger partial charge on any atom is 0.255 e. The van der Waals surface area contributed by atoms with Gasteiger partial charge in [-0.05, 0) is 31.0 Å². The lowest BCUT2D eigenvalue weighted by molar-refractivity contribution is -0.160. The number of ether oxygens (including phenoxy) is 2. The predicted molar refractivity (Wildman–Crippen MR) is 94.9 cm³/mol. The molecule has 0 radical (unpaired) electrons. The molecule has 0 saturated carbocycles. The molecule has 0 bridgehead atoms. The Morgan fingerprint density at radius 1 is 1.40 bits per heavy atom. The van der Waals surface area contributed by atoms with E-state index < -0.39 is 5.60 Å². The van der Waals surface area contributed by atoms with Crippen molar-refractivity contribution in [1.29, 1.82) is 0 Å². The maximum absolute atomic E-state index is 12.8. The first kappa shape index (κ1) is 18.5. The Kier molecular flexibility index (Phi) is 5.84. The van der Waals surface area contributed by atoms with Gasteiger partial charge in [0.2, 0.25) is 0 Å². The van der Waals surface area contributed by atoms with Crippen LogP contribution in [0.5, 0.6) is 5.75 Å². The molecular weight excluding hydrogens is 344 g/mol. The molecular formula is C18H25ClN2O4. The van der Waals surface area contributed by atoms with Gasteiger partial charge in [-0.2, -0.15) is 0 Å². The SMILES string of the molecule is COCCN1CCC[C@](O)(CN2CCOc3ccc(Cl)cc3C2)C1=O. The number of β-amino-alcohol motifs (C(OH)–C–C–N with tert-alkyl or cyclic N) is 1. The van der Waals surface area contributed by atoms with Crippen molar-refractivity contribution in [3.63, 3.8) is 0 Å². The van der Waals surface area contributed by atoms with Gasteiger partial charge < -0.3 is 19.5 Å². The van der Waals surface area contributed by atoms with Crippen LogP contribution in [0.2, 0.25) is 5.02 Å². The van der Waals surface area contributed by atoms with Gasteiger partial charge in [0.15, 0.2) is 5.60 Å². The van der Waals surface area contributed by atoms with E-state index in [1.165, 1.54) is 0 Å². The summed E-state index contributed by atoms with van der Waals surface area (Å²) < 4.78 is 10.8. The van der Waals surface area contributed by atoms with E-state index >= 15 is 0 Å². The molecule has 0 spiro atoms. The second-order valence-corrected chi connectivity index (χ2v) is 7.17. The molecule has 1 N–H and O–H groups in total. The molecule has 0 aliphatic carbocycles. The van der Waals surface area contributed by atoms with Gasteiger partial charge >= 0.3 is 0 Å². The van der Waals surface area contributed by atoms with Gasteiger partial charge in [-0.3, -0.25) is 9.69 Å². The molecule has 1 aromatic rings. The number of rotatable bonds is 5. The highest BCUT2D eigenvalue weighted by atomic mass is 35.5. The van der Waals surface area contributed by atoms with E-state index in [-0.39, 0.29) is 5.91 Å². The number of carbonyl (C=O) groups excluding carboxylic acids is 1. The average molecular weight is 369 g/mol. The second kappa shape index (κ2) is 7.91. The van der Waals surface area contributed by atoms with E-state index in [4.69, 9.17) is 21.1 Å². The van der Waals surface area contributed by atoms with Gasteiger partial charge in [0.05, 0.1) is 6.61 Å². The van der Waals surface area contributed by atoms with Gasteiger partial charge in [0, 0.05) is 50.4 Å². The molecule has 2 aliphatic heterocycles. The fourth-order valence-corrected chi connectivity index (χ4v) is 3.74. The topological polar surface area (TPSA) is 62.2 Å². The molecule has 2 heterocycles. The molecule has 1 saturated heterocycles. The molecule has 6 nitrogen and oxygen atoms in total. The first-order chi connectivity index (χ1) is 12.0. The number of amides is 1. The molecule has 0 aromatic heterocycles. The van der Waals surface area contributed by atoms with Crippen LogP contribution in [0.15, 0.2) is 18.2 Å². The quantitative estimate of drug-likeness (QED) is 0.854. The standard InChI is InChI=1S/C18H25ClN2O4/c1-24-9-8-21-6-2-5-18(23,17(21)22)13-20-7-10-25-16-4-3-15(19)11-14(16)12-20/h3-4,11,23H,2,5-10,12-13H2,1H3/t18-/m0/s1. The molecule has 1 aromatic carbocycles. The van der Waals surface area contributed by atoms with Gasteiger partial charge in [-0.25, -0.2) is 0 Å². The van der Waals surface area contributed by atoms with E-state index in [2.05, 4.69) is 4.90 Å². The number of hydrogen-bond donors (Lipinski definition) is 1. The lowest BCUT2D eigenvalue weighted by Gasteiger charge is -2.40. The van der Waals surface area contributed by atoms with Crippen LogP contribution in [-0.4, -0.2) is 72.9 Å². The van der Waals surface area contributed by atoms with Crippen molar-refractivity contribution in [2.45, 2.75) is 25.0 Å². The minimum absolute atomic E-state index is 0.202. The molecule has 2 aliphatic rings. The second-order valence-electron chi connectivity index (χ2n) is 6.73. The first-order valence-electron chi connectivity index (χ1n) is 8.66. The van der Waals surface area contributed by atoms with Crippen molar-refractivity contribution in [1.82, 2.24) is 9.80 Å². The van der Waals surface area contributed by atoms with Gasteiger partial charge in [-0.1, -0.05) is 11.6 Å². The lowest BCUT2D eigenvalue weighted by atomic mass is 9.91. The Labute approximate surface area is 153 Å². The largest absolute Gasteiger partial charge is 0.492 e. The molecule has 1 amide bonds. The number of benzene rings is 1. The Morgan fingerprint density at radius 2 is 2.24 bits per heavy atom. The van der Waals surface area contributed by atoms with E-state index in [1.54, 1.807) is 12.0 Å². The average Bonchev–Trinajstić information content (AvgIpc) is 2.77. The number of hydrogen-bond acceptors (Lipinski definition) is 5. The summed E-state index contributed by atoms with van der Waals surface area (Å²) in [5, 5.41) is 11.7. The minimum atomic E-state index is -1.35. The van der Waals surface area contributed by atoms with Crippen molar-refractivity contribution in [2.75, 3.05) is 46.5 Å². The highest BCUT2D eigenvalue weighted by Crippen LogP contribution is 2.29. The third kappa shape index (κ3) is 4.26. The van der Waals surface area contributed by atoms with Crippen LogP contribution in [0.25, 0.3) is 0 Å². The molecule has 0 unspecified atom stereocenters. The molecule has 3 rings (SSSR count). The third-order valence-corrected chi connectivity index (χ3v) is 5.07. The minimum Gasteiger partial charge on any atom is -0.492 e. The Morgan fingerprint density at radius 3 is 3.04 bits per heavy atom. The zero-order valence-corrected chi connectivity index (χ0v) is 15.3. The van der Waals surface area contributed by atoms with Gasteiger partial charge in [0.25, 0.3) is 5.91 Å². The number of piperidine rings is 1. The third-order valence-electron chi connectivity index (χ3n) is 4.84. The highest BCUT2D eigenvalue weighted by Gasteiger charge is 2.43. The summed E-state index contributed by atoms with van der Waals surface area (Å²) in [7, 11) is 1.61. The van der Waals surface area contributed by atoms with E-state index in [1.807, 2.05) is 18.2 Å². The Balaban J connectivity index is 1.70. The molecule has 7 heteroatoms. The fraction of sp³-hybridized carbons (Fsp3) is 0.611. The zero-order chi connectivity index (χ0) is 17.9. The summed E-state index contributed by atoms with van der Waals surface area (Å²) in [6, 6.07) is 5.56. The monoisotopic (exact) mass is 368 g/mol. The van der Waals surface area contributed by atoms with Gasteiger partial charge in [-0.15, -0.1) is 0 Å². The zero-order valence-electron chi connectivity index (χ0n) is 14.5. The van der Waals surface area contributed by atoms with E-state index in [0.717, 1.165) is 17.7 Å². The van der Waals surface area contributed by atoms with Crippen LogP contribution < -0.4 is 4.74 Å². The smallest absolute Gasteiger partial charge is 0.255 e. The molecule has 1 atom stereocenters. The summed E-state index contributed by atoms with van der Waals surface area (Å²) >= 11 is 6.09. The summed E-state index contributed by atoms with van der Waals surface area (Å²) in [5.41, 5.74) is -0.372. The van der Waals surface area contributed by atoms with Crippen molar-refractivity contribution < 1.29 is 19.4 Å². The van der Waals surface area contributed by atoms with Crippen molar-refractivity contribution in [3.8, 4) is 5.75 Å². The highest BCUT2D eigenvalue weighted by molar-refractivity contribution is 6.30. The van der Waals surface area contributed by atoms with Crippen molar-refractivity contribution in [2.24, 2.45) is 0 Å². The number of nitrogens with zero attached hydrogens (tertiary/aromatic N) is 2. The number of fused-ring (bicyclic) bond motifs is 1. The van der Waals surface area contributed by atoms with E-state index in [9.17, 15) is 9.90 Å². The number of carbonyl (C=O) groups is 1. The predicted octanol–water partition coefficient (Wildman–Crippen LogP) is 1.53. The van der Waals surface area contributed by atoms with Crippen LogP contribution in [0.3, 0.4) is 0 Å². The molecule has 138 valence electrons. The van der Waals surface area contributed by atoms with E-state index in [0.29, 0.717) is 57.4 Å². The fourth-order valence-electron chi connectivity index (χ4n) is 3.55. The lowest BCUT2D eigenvalue weighted by Crippen LogP contribution is -2.59. The Bertz CT molecular complexity index is 627. The molecule has 25 heavy (non-hydrogen) atoms. The van der Waals surface area contributed by atoms with Crippen LogP contribution in [-0.2, 0) is 16.1 Å². The summed E-state index contributed by atoms with van der Waals surface area (Å²) in [4.78, 5) is 16.5. The molecule has 1 fully saturated rings. The first-order valence-corrected chi connectivity index (χ1v) is 9.04. The van der Waals surface area contributed by atoms with Gasteiger partial charge in [0.1, 0.15) is 12.4 Å². The number of likely N-dealkylation sites (tertiary alicyclic amines) is 1. The summed E-state index contributed by atoms with van der Waals surface area (Å²) in [5.74, 6) is 0.614. The van der Waals surface area contributed by atoms with Crippen LogP contribution >= 0.6 is 11.6 Å². The van der Waals surface area contributed by atoms with Crippen molar-refractivity contribution >= 4 is 17.5 Å². The van der Waals surface area contributed by atoms with Crippen LogP contribution in [0.1, 0.15) is 18.4 Å². The summed E-state index contributed by atoms with van der Waals surface area (Å²) in [6.07, 6.45) is 1.27.